The molecular formula is C22H26N2O2Si. The summed E-state index contributed by atoms with van der Waals surface area (Å²) in [5.74, 6) is 0.865. The molecule has 0 spiro atoms. The SMILES string of the molecule is CC[Si](CC)(CC)c1c2c(nc3ccc(OC)cc13)-c1cccc(=O)n1C2. The molecule has 3 aromatic rings. The third-order valence-electron chi connectivity index (χ3n) is 6.46. The molecule has 4 nitrogen and oxygen atoms in total. The number of pyridine rings is 2. The van der Waals surface area contributed by atoms with Crippen LogP contribution in [-0.2, 0) is 6.54 Å². The van der Waals surface area contributed by atoms with Crippen LogP contribution in [0.25, 0.3) is 22.3 Å². The van der Waals surface area contributed by atoms with Crippen molar-refractivity contribution in [3.8, 4) is 17.1 Å². The normalized spacial score (nSPS) is 12.9. The maximum absolute atomic E-state index is 12.5. The highest BCUT2D eigenvalue weighted by Gasteiger charge is 2.37. The number of aromatic nitrogens is 2. The number of ether oxygens (including phenoxy) is 1. The molecular weight excluding hydrogens is 352 g/mol. The minimum absolute atomic E-state index is 0.0508. The third-order valence-corrected chi connectivity index (χ3v) is 12.2. The van der Waals surface area contributed by atoms with Crippen LogP contribution in [0.4, 0.5) is 0 Å². The van der Waals surface area contributed by atoms with Gasteiger partial charge in [-0.15, -0.1) is 0 Å². The molecule has 0 fully saturated rings. The van der Waals surface area contributed by atoms with Gasteiger partial charge in [-0.3, -0.25) is 4.79 Å². The second kappa shape index (κ2) is 6.64. The molecule has 0 saturated heterocycles. The number of rotatable bonds is 5. The van der Waals surface area contributed by atoms with E-state index >= 15 is 0 Å². The molecule has 1 aliphatic heterocycles. The van der Waals surface area contributed by atoms with Crippen molar-refractivity contribution in [2.45, 2.75) is 45.4 Å². The molecule has 27 heavy (non-hydrogen) atoms. The molecule has 0 bridgehead atoms. The van der Waals surface area contributed by atoms with Gasteiger partial charge in [0, 0.05) is 11.5 Å². The summed E-state index contributed by atoms with van der Waals surface area (Å²) >= 11 is 0. The first-order valence-electron chi connectivity index (χ1n) is 9.79. The predicted octanol–water partition coefficient (Wildman–Crippen LogP) is 4.15. The Bertz CT molecular complexity index is 1080. The highest BCUT2D eigenvalue weighted by atomic mass is 28.3. The van der Waals surface area contributed by atoms with E-state index in [1.165, 1.54) is 34.3 Å². The quantitative estimate of drug-likeness (QED) is 0.490. The van der Waals surface area contributed by atoms with Crippen molar-refractivity contribution in [2.24, 2.45) is 0 Å². The fourth-order valence-electron chi connectivity index (χ4n) is 4.71. The smallest absolute Gasteiger partial charge is 0.251 e. The molecule has 0 amide bonds. The summed E-state index contributed by atoms with van der Waals surface area (Å²) in [4.78, 5) is 17.5. The Morgan fingerprint density at radius 2 is 1.85 bits per heavy atom. The number of nitrogens with zero attached hydrogens (tertiary/aromatic N) is 2. The first kappa shape index (κ1) is 18.0. The molecule has 3 heterocycles. The standard InChI is InChI=1S/C22H26N2O2Si/c1-5-27(6-2,7-3)22-16-13-15(26-4)11-12-18(16)23-21-17(22)14-24-19(21)9-8-10-20(24)25/h8-13H,5-7,14H2,1-4H3. The predicted molar refractivity (Wildman–Crippen MR) is 114 cm³/mol. The molecule has 4 rings (SSSR count). The molecule has 1 aromatic carbocycles. The van der Waals surface area contributed by atoms with Gasteiger partial charge in [0.2, 0.25) is 0 Å². The van der Waals surface area contributed by atoms with Gasteiger partial charge in [-0.05, 0) is 35.0 Å². The molecule has 2 aromatic heterocycles. The van der Waals surface area contributed by atoms with Crippen LogP contribution < -0.4 is 15.5 Å². The summed E-state index contributed by atoms with van der Waals surface area (Å²) in [7, 11) is -0.00850. The van der Waals surface area contributed by atoms with Crippen molar-refractivity contribution in [1.82, 2.24) is 9.55 Å². The molecule has 0 radical (unpaired) electrons. The van der Waals surface area contributed by atoms with Crippen LogP contribution in [0.15, 0.2) is 41.2 Å². The number of benzene rings is 1. The van der Waals surface area contributed by atoms with Crippen LogP contribution in [0.2, 0.25) is 18.1 Å². The van der Waals surface area contributed by atoms with Gasteiger partial charge < -0.3 is 9.30 Å². The third kappa shape index (κ3) is 2.56. The molecule has 140 valence electrons. The van der Waals surface area contributed by atoms with E-state index in [-0.39, 0.29) is 5.56 Å². The average Bonchev–Trinajstić information content (AvgIpc) is 3.08. The Balaban J connectivity index is 2.14. The van der Waals surface area contributed by atoms with Gasteiger partial charge >= 0.3 is 0 Å². The van der Waals surface area contributed by atoms with Crippen LogP contribution in [0.1, 0.15) is 26.3 Å². The Hall–Kier alpha value is -2.40. The van der Waals surface area contributed by atoms with Gasteiger partial charge in [-0.2, -0.15) is 0 Å². The van der Waals surface area contributed by atoms with Gasteiger partial charge in [0.15, 0.2) is 0 Å². The Kier molecular flexibility index (Phi) is 4.42. The summed E-state index contributed by atoms with van der Waals surface area (Å²) in [6.45, 7) is 7.61. The summed E-state index contributed by atoms with van der Waals surface area (Å²) in [6.07, 6.45) is 0. The van der Waals surface area contributed by atoms with Crippen molar-refractivity contribution in [3.05, 3.63) is 52.3 Å². The van der Waals surface area contributed by atoms with E-state index in [1.54, 1.807) is 13.2 Å². The lowest BCUT2D eigenvalue weighted by Gasteiger charge is -2.32. The van der Waals surface area contributed by atoms with Gasteiger partial charge in [0.25, 0.3) is 5.56 Å². The van der Waals surface area contributed by atoms with E-state index < -0.39 is 8.07 Å². The maximum atomic E-state index is 12.5. The zero-order valence-corrected chi connectivity index (χ0v) is 17.5. The van der Waals surface area contributed by atoms with E-state index in [9.17, 15) is 4.79 Å². The first-order valence-corrected chi connectivity index (χ1v) is 12.4. The Morgan fingerprint density at radius 1 is 1.11 bits per heavy atom. The lowest BCUT2D eigenvalue weighted by Crippen LogP contribution is -2.48. The maximum Gasteiger partial charge on any atom is 0.251 e. The first-order chi connectivity index (χ1) is 13.1. The Labute approximate surface area is 160 Å². The largest absolute Gasteiger partial charge is 0.497 e. The van der Waals surface area contributed by atoms with Crippen LogP contribution in [0.3, 0.4) is 0 Å². The second-order valence-electron chi connectivity index (χ2n) is 7.37. The minimum atomic E-state index is -1.72. The van der Waals surface area contributed by atoms with Crippen LogP contribution >= 0.6 is 0 Å². The lowest BCUT2D eigenvalue weighted by molar-refractivity contribution is 0.415. The van der Waals surface area contributed by atoms with E-state index in [0.29, 0.717) is 6.54 Å². The van der Waals surface area contributed by atoms with E-state index in [2.05, 4.69) is 32.9 Å². The molecule has 0 aliphatic carbocycles. The molecule has 0 unspecified atom stereocenters. The molecule has 0 N–H and O–H groups in total. The summed E-state index contributed by atoms with van der Waals surface area (Å²) < 4.78 is 7.40. The van der Waals surface area contributed by atoms with Crippen molar-refractivity contribution in [2.75, 3.05) is 7.11 Å². The highest BCUT2D eigenvalue weighted by molar-refractivity contribution is 6.93. The minimum Gasteiger partial charge on any atom is -0.497 e. The van der Waals surface area contributed by atoms with E-state index in [4.69, 9.17) is 9.72 Å². The fraction of sp³-hybridized carbons (Fsp3) is 0.364. The van der Waals surface area contributed by atoms with Gasteiger partial charge in [0.05, 0.1) is 38.6 Å². The zero-order valence-electron chi connectivity index (χ0n) is 16.5. The topological polar surface area (TPSA) is 44.1 Å². The number of methoxy groups -OCH3 is 1. The fourth-order valence-corrected chi connectivity index (χ4v) is 8.88. The van der Waals surface area contributed by atoms with Crippen molar-refractivity contribution in [3.63, 3.8) is 0 Å². The van der Waals surface area contributed by atoms with Crippen LogP contribution in [-0.4, -0.2) is 24.7 Å². The number of hydrogen-bond acceptors (Lipinski definition) is 3. The zero-order chi connectivity index (χ0) is 19.2. The second-order valence-corrected chi connectivity index (χ2v) is 12.6. The summed E-state index contributed by atoms with van der Waals surface area (Å²) in [6, 6.07) is 15.2. The van der Waals surface area contributed by atoms with E-state index in [0.717, 1.165) is 22.7 Å². The number of fused-ring (bicyclic) bond motifs is 4. The van der Waals surface area contributed by atoms with Crippen molar-refractivity contribution in [1.29, 1.82) is 0 Å². The van der Waals surface area contributed by atoms with Crippen molar-refractivity contribution < 1.29 is 4.74 Å². The van der Waals surface area contributed by atoms with Crippen molar-refractivity contribution >= 4 is 24.2 Å². The summed E-state index contributed by atoms with van der Waals surface area (Å²) in [5, 5.41) is 2.70. The monoisotopic (exact) mass is 378 g/mol. The van der Waals surface area contributed by atoms with Gasteiger partial charge in [-0.1, -0.05) is 45.0 Å². The number of hydrogen-bond donors (Lipinski definition) is 0. The molecule has 1 aliphatic rings. The molecule has 0 saturated carbocycles. The summed E-state index contributed by atoms with van der Waals surface area (Å²) in [5.41, 5.74) is 4.25. The van der Waals surface area contributed by atoms with Gasteiger partial charge in [0.1, 0.15) is 5.75 Å². The van der Waals surface area contributed by atoms with Gasteiger partial charge in [-0.25, -0.2) is 4.98 Å². The highest BCUT2D eigenvalue weighted by Crippen LogP contribution is 2.35. The van der Waals surface area contributed by atoms with Crippen LogP contribution in [0.5, 0.6) is 5.75 Å². The average molecular weight is 379 g/mol. The van der Waals surface area contributed by atoms with Crippen LogP contribution in [0, 0.1) is 0 Å². The molecule has 5 heteroatoms. The van der Waals surface area contributed by atoms with E-state index in [1.807, 2.05) is 22.8 Å². The lowest BCUT2D eigenvalue weighted by atomic mass is 10.1. The Morgan fingerprint density at radius 3 is 2.52 bits per heavy atom. The molecule has 0 atom stereocenters.